The van der Waals surface area contributed by atoms with E-state index in [9.17, 15) is 0 Å². The Bertz CT molecular complexity index is 413. The van der Waals surface area contributed by atoms with Gasteiger partial charge in [-0.2, -0.15) is 5.26 Å². The van der Waals surface area contributed by atoms with E-state index >= 15 is 0 Å². The molecule has 4 nitrogen and oxygen atoms in total. The van der Waals surface area contributed by atoms with Crippen molar-refractivity contribution in [1.82, 2.24) is 4.98 Å². The minimum Gasteiger partial charge on any atom is -0.376 e. The Kier molecular flexibility index (Phi) is 3.07. The van der Waals surface area contributed by atoms with Crippen molar-refractivity contribution in [1.29, 1.82) is 5.26 Å². The SMILES string of the molecule is CC1OCCC1N(C)c1ccnc(C#N)c1. The van der Waals surface area contributed by atoms with Crippen LogP contribution in [0.25, 0.3) is 0 Å². The van der Waals surface area contributed by atoms with Crippen molar-refractivity contribution in [3.8, 4) is 6.07 Å². The standard InChI is InChI=1S/C12H15N3O/c1-9-12(4-6-16-9)15(2)11-3-5-14-10(7-11)8-13/h3,5,7,9,12H,4,6H2,1-2H3. The van der Waals surface area contributed by atoms with Crippen LogP contribution in [0.15, 0.2) is 18.3 Å². The lowest BCUT2D eigenvalue weighted by molar-refractivity contribution is 0.118. The summed E-state index contributed by atoms with van der Waals surface area (Å²) in [5.41, 5.74) is 1.48. The van der Waals surface area contributed by atoms with Crippen LogP contribution in [0.4, 0.5) is 5.69 Å². The number of rotatable bonds is 2. The molecule has 1 saturated heterocycles. The van der Waals surface area contributed by atoms with Gasteiger partial charge in [-0.15, -0.1) is 0 Å². The highest BCUT2D eigenvalue weighted by atomic mass is 16.5. The van der Waals surface area contributed by atoms with Gasteiger partial charge in [-0.25, -0.2) is 4.98 Å². The largest absolute Gasteiger partial charge is 0.376 e. The van der Waals surface area contributed by atoms with Crippen LogP contribution in [0, 0.1) is 11.3 Å². The van der Waals surface area contributed by atoms with Crippen LogP contribution in [0.3, 0.4) is 0 Å². The van der Waals surface area contributed by atoms with Crippen LogP contribution in [0.5, 0.6) is 0 Å². The van der Waals surface area contributed by atoms with Gasteiger partial charge in [0, 0.05) is 25.5 Å². The topological polar surface area (TPSA) is 49.1 Å². The van der Waals surface area contributed by atoms with E-state index in [2.05, 4.69) is 22.9 Å². The van der Waals surface area contributed by atoms with Gasteiger partial charge in [0.25, 0.3) is 0 Å². The van der Waals surface area contributed by atoms with Crippen LogP contribution < -0.4 is 4.90 Å². The first-order valence-electron chi connectivity index (χ1n) is 5.43. The van der Waals surface area contributed by atoms with Gasteiger partial charge in [-0.3, -0.25) is 0 Å². The number of ether oxygens (including phenoxy) is 1. The molecule has 2 unspecified atom stereocenters. The number of pyridine rings is 1. The summed E-state index contributed by atoms with van der Waals surface area (Å²) in [5, 5.41) is 8.81. The Morgan fingerprint density at radius 3 is 3.06 bits per heavy atom. The van der Waals surface area contributed by atoms with Gasteiger partial charge in [0.05, 0.1) is 12.1 Å². The van der Waals surface area contributed by atoms with Gasteiger partial charge in [-0.05, 0) is 25.5 Å². The zero-order chi connectivity index (χ0) is 11.5. The Morgan fingerprint density at radius 2 is 2.44 bits per heavy atom. The van der Waals surface area contributed by atoms with Crippen molar-refractivity contribution < 1.29 is 4.74 Å². The van der Waals surface area contributed by atoms with Gasteiger partial charge in [0.2, 0.25) is 0 Å². The maximum absolute atomic E-state index is 8.81. The number of hydrogen-bond acceptors (Lipinski definition) is 4. The van der Waals surface area contributed by atoms with Crippen LogP contribution >= 0.6 is 0 Å². The molecule has 84 valence electrons. The molecule has 0 aliphatic carbocycles. The summed E-state index contributed by atoms with van der Waals surface area (Å²) in [7, 11) is 2.03. The highest BCUT2D eigenvalue weighted by Gasteiger charge is 2.28. The fraction of sp³-hybridized carbons (Fsp3) is 0.500. The second kappa shape index (κ2) is 4.50. The summed E-state index contributed by atoms with van der Waals surface area (Å²) in [4.78, 5) is 6.13. The molecule has 2 rings (SSSR count). The average Bonchev–Trinajstić information content (AvgIpc) is 2.74. The summed E-state index contributed by atoms with van der Waals surface area (Å²) < 4.78 is 5.54. The van der Waals surface area contributed by atoms with Gasteiger partial charge in [0.1, 0.15) is 11.8 Å². The van der Waals surface area contributed by atoms with Gasteiger partial charge in [0.15, 0.2) is 0 Å². The molecule has 16 heavy (non-hydrogen) atoms. The minimum absolute atomic E-state index is 0.240. The predicted octanol–water partition coefficient (Wildman–Crippen LogP) is 1.57. The van der Waals surface area contributed by atoms with Crippen molar-refractivity contribution in [2.24, 2.45) is 0 Å². The molecule has 1 fully saturated rings. The van der Waals surface area contributed by atoms with Gasteiger partial charge >= 0.3 is 0 Å². The van der Waals surface area contributed by atoms with Gasteiger partial charge in [-0.1, -0.05) is 0 Å². The number of hydrogen-bond donors (Lipinski definition) is 0. The first-order valence-corrected chi connectivity index (χ1v) is 5.43. The van der Waals surface area contributed by atoms with E-state index in [4.69, 9.17) is 10.00 Å². The summed E-state index contributed by atoms with van der Waals surface area (Å²) in [5.74, 6) is 0. The van der Waals surface area contributed by atoms with E-state index in [1.54, 1.807) is 6.20 Å². The first kappa shape index (κ1) is 10.9. The number of likely N-dealkylation sites (N-methyl/N-ethyl adjacent to an activating group) is 1. The van der Waals surface area contributed by atoms with Gasteiger partial charge < -0.3 is 9.64 Å². The second-order valence-corrected chi connectivity index (χ2v) is 4.05. The highest BCUT2D eigenvalue weighted by molar-refractivity contribution is 5.49. The predicted molar refractivity (Wildman–Crippen MR) is 61.2 cm³/mol. The van der Waals surface area contributed by atoms with Crippen molar-refractivity contribution in [3.05, 3.63) is 24.0 Å². The smallest absolute Gasteiger partial charge is 0.142 e. The number of nitrogens with zero attached hydrogens (tertiary/aromatic N) is 3. The third-order valence-electron chi connectivity index (χ3n) is 3.10. The highest BCUT2D eigenvalue weighted by Crippen LogP contribution is 2.24. The van der Waals surface area contributed by atoms with Crippen molar-refractivity contribution >= 4 is 5.69 Å². The molecular formula is C12H15N3O. The van der Waals surface area contributed by atoms with Crippen LogP contribution in [0.2, 0.25) is 0 Å². The quantitative estimate of drug-likeness (QED) is 0.754. The lowest BCUT2D eigenvalue weighted by Gasteiger charge is -2.28. The second-order valence-electron chi connectivity index (χ2n) is 4.05. The molecule has 0 aromatic carbocycles. The molecule has 1 aromatic heterocycles. The first-order chi connectivity index (χ1) is 7.72. The van der Waals surface area contributed by atoms with Crippen molar-refractivity contribution in [3.63, 3.8) is 0 Å². The van der Waals surface area contributed by atoms with Crippen LogP contribution in [0.1, 0.15) is 19.0 Å². The molecule has 0 amide bonds. The molecule has 1 aromatic rings. The summed E-state index contributed by atoms with van der Waals surface area (Å²) in [6.45, 7) is 2.90. The molecule has 2 atom stereocenters. The molecule has 0 bridgehead atoms. The summed E-state index contributed by atoms with van der Waals surface area (Å²) >= 11 is 0. The van der Waals surface area contributed by atoms with Crippen LogP contribution in [-0.4, -0.2) is 30.8 Å². The van der Waals surface area contributed by atoms with E-state index in [-0.39, 0.29) is 6.10 Å². The van der Waals surface area contributed by atoms with Crippen molar-refractivity contribution in [2.75, 3.05) is 18.6 Å². The fourth-order valence-corrected chi connectivity index (χ4v) is 2.12. The Labute approximate surface area is 95.5 Å². The van der Waals surface area contributed by atoms with E-state index in [0.29, 0.717) is 11.7 Å². The van der Waals surface area contributed by atoms with Crippen LogP contribution in [-0.2, 0) is 4.74 Å². The van der Waals surface area contributed by atoms with Crippen molar-refractivity contribution in [2.45, 2.75) is 25.5 Å². The fourth-order valence-electron chi connectivity index (χ4n) is 2.12. The molecule has 1 aliphatic rings. The number of anilines is 1. The number of aromatic nitrogens is 1. The summed E-state index contributed by atoms with van der Waals surface area (Å²) in [6, 6.07) is 6.17. The normalized spacial score (nSPS) is 24.1. The molecule has 4 heteroatoms. The lowest BCUT2D eigenvalue weighted by atomic mass is 10.1. The van der Waals surface area contributed by atoms with E-state index in [0.717, 1.165) is 18.7 Å². The molecule has 0 spiro atoms. The lowest BCUT2D eigenvalue weighted by Crippen LogP contribution is -2.36. The maximum Gasteiger partial charge on any atom is 0.142 e. The zero-order valence-corrected chi connectivity index (χ0v) is 9.55. The molecule has 0 saturated carbocycles. The van der Waals surface area contributed by atoms with E-state index < -0.39 is 0 Å². The zero-order valence-electron chi connectivity index (χ0n) is 9.55. The Morgan fingerprint density at radius 1 is 1.62 bits per heavy atom. The maximum atomic E-state index is 8.81. The van der Waals surface area contributed by atoms with E-state index in [1.807, 2.05) is 19.2 Å². The Hall–Kier alpha value is -1.60. The average molecular weight is 217 g/mol. The third-order valence-corrected chi connectivity index (χ3v) is 3.10. The molecular weight excluding hydrogens is 202 g/mol. The molecule has 0 radical (unpaired) electrons. The third kappa shape index (κ3) is 2.00. The molecule has 0 N–H and O–H groups in total. The Balaban J connectivity index is 2.20. The summed E-state index contributed by atoms with van der Waals surface area (Å²) in [6.07, 6.45) is 2.94. The molecule has 1 aliphatic heterocycles. The minimum atomic E-state index is 0.240. The number of nitriles is 1. The monoisotopic (exact) mass is 217 g/mol. The van der Waals surface area contributed by atoms with E-state index in [1.165, 1.54) is 0 Å². The molecule has 2 heterocycles.